The maximum absolute atomic E-state index is 12.2. The van der Waals surface area contributed by atoms with Gasteiger partial charge in [-0.25, -0.2) is 0 Å². The van der Waals surface area contributed by atoms with Crippen molar-refractivity contribution in [1.29, 1.82) is 0 Å². The first-order chi connectivity index (χ1) is 9.18. The number of aromatic nitrogens is 2. The number of rotatable bonds is 4. The van der Waals surface area contributed by atoms with E-state index in [1.807, 2.05) is 18.7 Å². The fourth-order valence-corrected chi connectivity index (χ4v) is 2.12. The summed E-state index contributed by atoms with van der Waals surface area (Å²) < 4.78 is 5.25. The zero-order valence-electron chi connectivity index (χ0n) is 11.4. The van der Waals surface area contributed by atoms with Gasteiger partial charge in [0.05, 0.1) is 24.9 Å². The Hall–Kier alpha value is -1.53. The van der Waals surface area contributed by atoms with Crippen molar-refractivity contribution in [3.05, 3.63) is 24.3 Å². The van der Waals surface area contributed by atoms with Crippen molar-refractivity contribution in [3.8, 4) is 0 Å². The van der Waals surface area contributed by atoms with Crippen LogP contribution < -0.4 is 5.32 Å². The van der Waals surface area contributed by atoms with E-state index in [0.29, 0.717) is 26.3 Å². The third-order valence-corrected chi connectivity index (χ3v) is 3.22. The molecule has 1 fully saturated rings. The number of hydrogen-bond donors (Lipinski definition) is 1. The van der Waals surface area contributed by atoms with Crippen molar-refractivity contribution < 1.29 is 9.53 Å². The Kier molecular flexibility index (Phi) is 4.81. The summed E-state index contributed by atoms with van der Waals surface area (Å²) in [4.78, 5) is 22.3. The van der Waals surface area contributed by atoms with Crippen LogP contribution in [0.3, 0.4) is 0 Å². The molecule has 19 heavy (non-hydrogen) atoms. The standard InChI is InChI=1S/C13H20N4O2/c1-10(12-9-14-3-4-15-12)16-11(2)13(18)17-5-7-19-8-6-17/h3-4,9-11,16H,5-8H2,1-2H3. The van der Waals surface area contributed by atoms with Crippen LogP contribution in [0.4, 0.5) is 0 Å². The van der Waals surface area contributed by atoms with E-state index in [2.05, 4.69) is 15.3 Å². The highest BCUT2D eigenvalue weighted by Gasteiger charge is 2.23. The summed E-state index contributed by atoms with van der Waals surface area (Å²) in [5.41, 5.74) is 0.837. The van der Waals surface area contributed by atoms with Gasteiger partial charge in [-0.15, -0.1) is 0 Å². The van der Waals surface area contributed by atoms with Crippen LogP contribution in [-0.2, 0) is 9.53 Å². The minimum Gasteiger partial charge on any atom is -0.378 e. The Morgan fingerprint density at radius 3 is 2.74 bits per heavy atom. The van der Waals surface area contributed by atoms with E-state index in [9.17, 15) is 4.79 Å². The van der Waals surface area contributed by atoms with Crippen molar-refractivity contribution in [2.24, 2.45) is 0 Å². The molecule has 6 heteroatoms. The number of nitrogens with one attached hydrogen (secondary N) is 1. The fraction of sp³-hybridized carbons (Fsp3) is 0.615. The zero-order valence-corrected chi connectivity index (χ0v) is 11.4. The lowest BCUT2D eigenvalue weighted by atomic mass is 10.2. The number of amides is 1. The predicted molar refractivity (Wildman–Crippen MR) is 70.4 cm³/mol. The summed E-state index contributed by atoms with van der Waals surface area (Å²) in [6.07, 6.45) is 5.00. The molecule has 1 saturated heterocycles. The van der Waals surface area contributed by atoms with Crippen molar-refractivity contribution in [1.82, 2.24) is 20.2 Å². The molecule has 6 nitrogen and oxygen atoms in total. The van der Waals surface area contributed by atoms with Crippen LogP contribution in [0.1, 0.15) is 25.6 Å². The van der Waals surface area contributed by atoms with E-state index >= 15 is 0 Å². The molecule has 0 saturated carbocycles. The van der Waals surface area contributed by atoms with Crippen LogP contribution in [0.2, 0.25) is 0 Å². The molecule has 2 rings (SSSR count). The highest BCUT2D eigenvalue weighted by Crippen LogP contribution is 2.09. The zero-order chi connectivity index (χ0) is 13.7. The molecule has 1 amide bonds. The first kappa shape index (κ1) is 13.9. The fourth-order valence-electron chi connectivity index (χ4n) is 2.12. The highest BCUT2D eigenvalue weighted by atomic mass is 16.5. The van der Waals surface area contributed by atoms with E-state index < -0.39 is 0 Å². The largest absolute Gasteiger partial charge is 0.378 e. The monoisotopic (exact) mass is 264 g/mol. The molecule has 0 aromatic carbocycles. The van der Waals surface area contributed by atoms with Gasteiger partial charge in [-0.1, -0.05) is 0 Å². The van der Waals surface area contributed by atoms with Crippen LogP contribution in [0.15, 0.2) is 18.6 Å². The SMILES string of the molecule is CC(NC(C)c1cnccn1)C(=O)N1CCOCC1. The quantitative estimate of drug-likeness (QED) is 0.851. The molecule has 1 aliphatic rings. The number of carbonyl (C=O) groups excluding carboxylic acids is 1. The summed E-state index contributed by atoms with van der Waals surface area (Å²) in [6, 6.07) is -0.246. The molecule has 104 valence electrons. The van der Waals surface area contributed by atoms with Gasteiger partial charge >= 0.3 is 0 Å². The summed E-state index contributed by atoms with van der Waals surface area (Å²) in [5.74, 6) is 0.110. The van der Waals surface area contributed by atoms with Gasteiger partial charge in [0.15, 0.2) is 0 Å². The lowest BCUT2D eigenvalue weighted by molar-refractivity contribution is -0.137. The lowest BCUT2D eigenvalue weighted by Crippen LogP contribution is -2.49. The third kappa shape index (κ3) is 3.71. The van der Waals surface area contributed by atoms with E-state index in [1.165, 1.54) is 0 Å². The smallest absolute Gasteiger partial charge is 0.239 e. The van der Waals surface area contributed by atoms with Crippen molar-refractivity contribution in [2.45, 2.75) is 25.9 Å². The molecular formula is C13H20N4O2. The van der Waals surface area contributed by atoms with Gasteiger partial charge in [0.2, 0.25) is 5.91 Å². The molecule has 2 heterocycles. The minimum absolute atomic E-state index is 0.00584. The second-order valence-corrected chi connectivity index (χ2v) is 4.68. The summed E-state index contributed by atoms with van der Waals surface area (Å²) >= 11 is 0. The lowest BCUT2D eigenvalue weighted by Gasteiger charge is -2.30. The second kappa shape index (κ2) is 6.58. The summed E-state index contributed by atoms with van der Waals surface area (Å²) in [6.45, 7) is 6.45. The molecule has 1 aromatic rings. The average Bonchev–Trinajstić information content (AvgIpc) is 2.48. The van der Waals surface area contributed by atoms with Gasteiger partial charge in [-0.05, 0) is 13.8 Å². The van der Waals surface area contributed by atoms with E-state index in [4.69, 9.17) is 4.74 Å². The maximum atomic E-state index is 12.2. The number of nitrogens with zero attached hydrogens (tertiary/aromatic N) is 3. The summed E-state index contributed by atoms with van der Waals surface area (Å²) in [5, 5.41) is 3.26. The molecule has 2 atom stereocenters. The number of carbonyl (C=O) groups is 1. The molecule has 0 radical (unpaired) electrons. The van der Waals surface area contributed by atoms with Gasteiger partial charge in [0, 0.05) is 37.7 Å². The first-order valence-corrected chi connectivity index (χ1v) is 6.57. The van der Waals surface area contributed by atoms with E-state index in [0.717, 1.165) is 5.69 Å². The third-order valence-electron chi connectivity index (χ3n) is 3.22. The number of hydrogen-bond acceptors (Lipinski definition) is 5. The Morgan fingerprint density at radius 1 is 1.37 bits per heavy atom. The molecule has 0 spiro atoms. The molecule has 1 N–H and O–H groups in total. The molecule has 1 aliphatic heterocycles. The molecule has 1 aromatic heterocycles. The normalized spacial score (nSPS) is 18.9. The minimum atomic E-state index is -0.241. The second-order valence-electron chi connectivity index (χ2n) is 4.68. The predicted octanol–water partition coefficient (Wildman–Crippen LogP) is 0.374. The van der Waals surface area contributed by atoms with Gasteiger partial charge in [0.25, 0.3) is 0 Å². The molecular weight excluding hydrogens is 244 g/mol. The van der Waals surface area contributed by atoms with E-state index in [-0.39, 0.29) is 18.0 Å². The van der Waals surface area contributed by atoms with Gasteiger partial charge in [-0.3, -0.25) is 20.1 Å². The van der Waals surface area contributed by atoms with Gasteiger partial charge < -0.3 is 9.64 Å². The van der Waals surface area contributed by atoms with Crippen LogP contribution in [0, 0.1) is 0 Å². The van der Waals surface area contributed by atoms with Crippen molar-refractivity contribution in [3.63, 3.8) is 0 Å². The maximum Gasteiger partial charge on any atom is 0.239 e. The van der Waals surface area contributed by atoms with Crippen molar-refractivity contribution in [2.75, 3.05) is 26.3 Å². The molecule has 0 aliphatic carbocycles. The average molecular weight is 264 g/mol. The Balaban J connectivity index is 1.89. The Labute approximate surface area is 113 Å². The topological polar surface area (TPSA) is 67.4 Å². The van der Waals surface area contributed by atoms with Crippen LogP contribution in [0.5, 0.6) is 0 Å². The van der Waals surface area contributed by atoms with Gasteiger partial charge in [0.1, 0.15) is 0 Å². The Morgan fingerprint density at radius 2 is 2.11 bits per heavy atom. The Bertz CT molecular complexity index is 406. The van der Waals surface area contributed by atoms with Crippen molar-refractivity contribution >= 4 is 5.91 Å². The molecule has 0 bridgehead atoms. The van der Waals surface area contributed by atoms with Crippen LogP contribution in [0.25, 0.3) is 0 Å². The van der Waals surface area contributed by atoms with Crippen LogP contribution >= 0.6 is 0 Å². The van der Waals surface area contributed by atoms with Crippen LogP contribution in [-0.4, -0.2) is 53.1 Å². The number of ether oxygens (including phenoxy) is 1. The summed E-state index contributed by atoms with van der Waals surface area (Å²) in [7, 11) is 0. The highest BCUT2D eigenvalue weighted by molar-refractivity contribution is 5.81. The van der Waals surface area contributed by atoms with E-state index in [1.54, 1.807) is 18.6 Å². The first-order valence-electron chi connectivity index (χ1n) is 6.57. The molecule has 2 unspecified atom stereocenters. The number of morpholine rings is 1. The van der Waals surface area contributed by atoms with Gasteiger partial charge in [-0.2, -0.15) is 0 Å².